The molecule has 1 N–H and O–H groups in total. The van der Waals surface area contributed by atoms with Crippen molar-refractivity contribution in [2.75, 3.05) is 0 Å². The first-order chi connectivity index (χ1) is 8.68. The molecule has 0 saturated heterocycles. The highest BCUT2D eigenvalue weighted by atomic mass is 16.4. The first-order valence-corrected chi connectivity index (χ1v) is 6.45. The van der Waals surface area contributed by atoms with E-state index in [2.05, 4.69) is 0 Å². The molecule has 94 valence electrons. The van der Waals surface area contributed by atoms with Crippen LogP contribution >= 0.6 is 0 Å². The van der Waals surface area contributed by atoms with Gasteiger partial charge in [-0.25, -0.2) is 4.79 Å². The molecule has 0 saturated carbocycles. The minimum absolute atomic E-state index is 0.180. The zero-order valence-corrected chi connectivity index (χ0v) is 10.5. The molecule has 0 radical (unpaired) electrons. The van der Waals surface area contributed by atoms with Crippen molar-refractivity contribution in [2.45, 2.75) is 39.0 Å². The molecule has 0 spiro atoms. The highest BCUT2D eigenvalue weighted by Crippen LogP contribution is 2.31. The van der Waals surface area contributed by atoms with E-state index in [-0.39, 0.29) is 11.4 Å². The smallest absolute Gasteiger partial charge is 0.339 e. The van der Waals surface area contributed by atoms with Crippen molar-refractivity contribution in [3.05, 3.63) is 39.2 Å². The molecular weight excluding hydrogens is 228 g/mol. The lowest BCUT2D eigenvalue weighted by Gasteiger charge is -2.10. The largest absolute Gasteiger partial charge is 0.508 e. The molecule has 1 aliphatic carbocycles. The van der Waals surface area contributed by atoms with Crippen LogP contribution in [0.5, 0.6) is 5.75 Å². The number of hydrogen-bond acceptors (Lipinski definition) is 3. The Hall–Kier alpha value is -1.77. The Bertz CT molecular complexity index is 667. The van der Waals surface area contributed by atoms with E-state index in [1.54, 1.807) is 13.0 Å². The fourth-order valence-corrected chi connectivity index (χ4v) is 2.81. The number of phenols is 1. The van der Waals surface area contributed by atoms with Gasteiger partial charge in [0.25, 0.3) is 0 Å². The van der Waals surface area contributed by atoms with Crippen LogP contribution in [0.25, 0.3) is 11.0 Å². The molecule has 3 rings (SSSR count). The second-order valence-electron chi connectivity index (χ2n) is 4.99. The summed E-state index contributed by atoms with van der Waals surface area (Å²) in [5.41, 5.74) is 2.93. The molecule has 18 heavy (non-hydrogen) atoms. The molecule has 1 aliphatic rings. The van der Waals surface area contributed by atoms with Gasteiger partial charge in [0.2, 0.25) is 0 Å². The lowest BCUT2D eigenvalue weighted by Crippen LogP contribution is -2.11. The van der Waals surface area contributed by atoms with Gasteiger partial charge in [-0.1, -0.05) is 6.42 Å². The van der Waals surface area contributed by atoms with Crippen molar-refractivity contribution in [1.82, 2.24) is 0 Å². The van der Waals surface area contributed by atoms with Crippen molar-refractivity contribution >= 4 is 11.0 Å². The first-order valence-electron chi connectivity index (χ1n) is 6.45. The zero-order valence-electron chi connectivity index (χ0n) is 10.5. The van der Waals surface area contributed by atoms with Gasteiger partial charge in [0.05, 0.1) is 0 Å². The van der Waals surface area contributed by atoms with Crippen molar-refractivity contribution in [3.8, 4) is 5.75 Å². The maximum absolute atomic E-state index is 12.0. The summed E-state index contributed by atoms with van der Waals surface area (Å²) in [7, 11) is 0. The van der Waals surface area contributed by atoms with Crippen molar-refractivity contribution in [3.63, 3.8) is 0 Å². The van der Waals surface area contributed by atoms with Crippen LogP contribution in [0, 0.1) is 6.92 Å². The molecule has 0 amide bonds. The molecule has 0 unspecified atom stereocenters. The van der Waals surface area contributed by atoms with Crippen LogP contribution in [0.1, 0.15) is 36.0 Å². The van der Waals surface area contributed by atoms with Crippen LogP contribution < -0.4 is 5.63 Å². The third-order valence-electron chi connectivity index (χ3n) is 3.86. The second kappa shape index (κ2) is 4.16. The Morgan fingerprint density at radius 3 is 2.61 bits per heavy atom. The van der Waals surface area contributed by atoms with E-state index in [1.165, 1.54) is 0 Å². The Morgan fingerprint density at radius 2 is 1.83 bits per heavy atom. The van der Waals surface area contributed by atoms with Gasteiger partial charge in [0.15, 0.2) is 0 Å². The maximum atomic E-state index is 12.0. The third-order valence-corrected chi connectivity index (χ3v) is 3.86. The van der Waals surface area contributed by atoms with Gasteiger partial charge >= 0.3 is 5.63 Å². The number of fused-ring (bicyclic) bond motifs is 3. The summed E-state index contributed by atoms with van der Waals surface area (Å²) in [5.74, 6) is 0.180. The van der Waals surface area contributed by atoms with E-state index in [0.717, 1.165) is 48.6 Å². The molecule has 3 heteroatoms. The molecule has 0 bridgehead atoms. The Kier molecular flexibility index (Phi) is 2.62. The van der Waals surface area contributed by atoms with Gasteiger partial charge in [-0.3, -0.25) is 0 Å². The average molecular weight is 244 g/mol. The van der Waals surface area contributed by atoms with Gasteiger partial charge in [0.1, 0.15) is 11.3 Å². The van der Waals surface area contributed by atoms with E-state index in [4.69, 9.17) is 4.42 Å². The molecule has 1 aromatic carbocycles. The van der Waals surface area contributed by atoms with Gasteiger partial charge in [-0.2, -0.15) is 0 Å². The Morgan fingerprint density at radius 1 is 1.11 bits per heavy atom. The summed E-state index contributed by atoms with van der Waals surface area (Å²) in [6, 6.07) is 3.55. The third kappa shape index (κ3) is 1.62. The number of rotatable bonds is 0. The molecule has 1 heterocycles. The molecular formula is C15H16O3. The molecule has 3 nitrogen and oxygen atoms in total. The second-order valence-corrected chi connectivity index (χ2v) is 4.99. The Labute approximate surface area is 105 Å². The fraction of sp³-hybridized carbons (Fsp3) is 0.400. The lowest BCUT2D eigenvalue weighted by atomic mass is 9.99. The van der Waals surface area contributed by atoms with Crippen LogP contribution in [0.15, 0.2) is 21.3 Å². The molecule has 0 aliphatic heterocycles. The molecule has 1 aromatic heterocycles. The normalized spacial score (nSPS) is 15.4. The standard InChI is InChI=1S/C15H16O3/c1-9-13(16)8-7-11-10-5-3-2-4-6-12(10)15(17)18-14(9)11/h7-8,16H,2-6H2,1H3. The quantitative estimate of drug-likeness (QED) is 0.572. The summed E-state index contributed by atoms with van der Waals surface area (Å²) >= 11 is 0. The number of hydrogen-bond donors (Lipinski definition) is 1. The lowest BCUT2D eigenvalue weighted by molar-refractivity contribution is 0.467. The van der Waals surface area contributed by atoms with Crippen LogP contribution in [0.2, 0.25) is 0 Å². The monoisotopic (exact) mass is 244 g/mol. The van der Waals surface area contributed by atoms with Crippen LogP contribution in [-0.2, 0) is 12.8 Å². The van der Waals surface area contributed by atoms with Crippen molar-refractivity contribution in [2.24, 2.45) is 0 Å². The summed E-state index contributed by atoms with van der Waals surface area (Å²) < 4.78 is 5.41. The number of aryl methyl sites for hydroxylation is 2. The van der Waals surface area contributed by atoms with Crippen molar-refractivity contribution < 1.29 is 9.52 Å². The first kappa shape index (κ1) is 11.3. The SMILES string of the molecule is Cc1c(O)ccc2c3c(c(=O)oc12)CCCCC3. The topological polar surface area (TPSA) is 50.4 Å². The van der Waals surface area contributed by atoms with E-state index in [0.29, 0.717) is 11.1 Å². The minimum Gasteiger partial charge on any atom is -0.508 e. The van der Waals surface area contributed by atoms with Crippen molar-refractivity contribution in [1.29, 1.82) is 0 Å². The van der Waals surface area contributed by atoms with Gasteiger partial charge in [-0.05, 0) is 50.3 Å². The highest BCUT2D eigenvalue weighted by Gasteiger charge is 2.18. The predicted molar refractivity (Wildman–Crippen MR) is 70.1 cm³/mol. The molecule has 2 aromatic rings. The van der Waals surface area contributed by atoms with Gasteiger partial charge in [0, 0.05) is 16.5 Å². The predicted octanol–water partition coefficient (Wildman–Crippen LogP) is 3.08. The summed E-state index contributed by atoms with van der Waals surface area (Å²) in [4.78, 5) is 12.0. The minimum atomic E-state index is -0.229. The van der Waals surface area contributed by atoms with E-state index >= 15 is 0 Å². The average Bonchev–Trinajstić information content (AvgIpc) is 2.61. The van der Waals surface area contributed by atoms with Gasteiger partial charge < -0.3 is 9.52 Å². The molecule has 0 atom stereocenters. The summed E-state index contributed by atoms with van der Waals surface area (Å²) in [6.07, 6.45) is 5.08. The van der Waals surface area contributed by atoms with E-state index in [9.17, 15) is 9.90 Å². The van der Waals surface area contributed by atoms with Gasteiger partial charge in [-0.15, -0.1) is 0 Å². The maximum Gasteiger partial charge on any atom is 0.339 e. The van der Waals surface area contributed by atoms with E-state index in [1.807, 2.05) is 6.07 Å². The number of aromatic hydroxyl groups is 1. The Balaban J connectivity index is 2.41. The zero-order chi connectivity index (χ0) is 12.7. The van der Waals surface area contributed by atoms with E-state index < -0.39 is 0 Å². The van der Waals surface area contributed by atoms with Crippen LogP contribution in [0.3, 0.4) is 0 Å². The number of phenolic OH excluding ortho intramolecular Hbond substituents is 1. The number of benzene rings is 1. The van der Waals surface area contributed by atoms with Crippen LogP contribution in [-0.4, -0.2) is 5.11 Å². The fourth-order valence-electron chi connectivity index (χ4n) is 2.81. The summed E-state index contributed by atoms with van der Waals surface area (Å²) in [5, 5.41) is 10.7. The van der Waals surface area contributed by atoms with Crippen LogP contribution in [0.4, 0.5) is 0 Å². The molecule has 0 fully saturated rings. The highest BCUT2D eigenvalue weighted by molar-refractivity contribution is 5.85. The summed E-state index contributed by atoms with van der Waals surface area (Å²) in [6.45, 7) is 1.78.